The highest BCUT2D eigenvalue weighted by Crippen LogP contribution is 2.34. The van der Waals surface area contributed by atoms with Crippen LogP contribution in [0.1, 0.15) is 49.3 Å². The maximum Gasteiger partial charge on any atom is 0.126 e. The van der Waals surface area contributed by atoms with Gasteiger partial charge in [-0.25, -0.2) is 4.39 Å². The van der Waals surface area contributed by atoms with E-state index in [1.165, 1.54) is 25.3 Å². The molecule has 0 spiro atoms. The summed E-state index contributed by atoms with van der Waals surface area (Å²) in [5.41, 5.74) is 1.21. The fourth-order valence-electron chi connectivity index (χ4n) is 3.02. The van der Waals surface area contributed by atoms with Crippen molar-refractivity contribution in [1.29, 1.82) is 0 Å². The molecule has 2 atom stereocenters. The van der Waals surface area contributed by atoms with Gasteiger partial charge in [-0.3, -0.25) is 0 Å². The highest BCUT2D eigenvalue weighted by atomic mass is 19.1. The van der Waals surface area contributed by atoms with Crippen molar-refractivity contribution in [3.8, 4) is 0 Å². The van der Waals surface area contributed by atoms with Crippen molar-refractivity contribution in [3.63, 3.8) is 0 Å². The number of hydrogen-bond donors (Lipinski definition) is 1. The number of ether oxygens (including phenoxy) is 1. The van der Waals surface area contributed by atoms with Gasteiger partial charge in [0.15, 0.2) is 0 Å². The molecule has 1 saturated carbocycles. The lowest BCUT2D eigenvalue weighted by Crippen LogP contribution is -2.31. The Morgan fingerprint density at radius 3 is 2.53 bits per heavy atom. The largest absolute Gasteiger partial charge is 0.386 e. The van der Waals surface area contributed by atoms with Crippen molar-refractivity contribution in [1.82, 2.24) is 0 Å². The average molecular weight is 266 g/mol. The van der Waals surface area contributed by atoms with Gasteiger partial charge in [0, 0.05) is 7.11 Å². The van der Waals surface area contributed by atoms with Gasteiger partial charge in [-0.05, 0) is 42.9 Å². The lowest BCUT2D eigenvalue weighted by molar-refractivity contribution is -0.0560. The van der Waals surface area contributed by atoms with Gasteiger partial charge in [0.1, 0.15) is 11.9 Å². The summed E-state index contributed by atoms with van der Waals surface area (Å²) in [6, 6.07) is 4.92. The van der Waals surface area contributed by atoms with Crippen LogP contribution >= 0.6 is 0 Å². The molecule has 1 aliphatic rings. The molecule has 0 bridgehead atoms. The van der Waals surface area contributed by atoms with Crippen molar-refractivity contribution in [2.75, 3.05) is 7.11 Å². The zero-order valence-electron chi connectivity index (χ0n) is 11.7. The molecule has 1 aliphatic carbocycles. The second kappa shape index (κ2) is 6.49. The summed E-state index contributed by atoms with van der Waals surface area (Å²) in [6.07, 6.45) is 4.85. The molecule has 1 aromatic carbocycles. The van der Waals surface area contributed by atoms with Gasteiger partial charge in [0.25, 0.3) is 0 Å². The molecule has 106 valence electrons. The molecule has 0 aliphatic heterocycles. The third kappa shape index (κ3) is 3.34. The molecule has 1 fully saturated rings. The summed E-state index contributed by atoms with van der Waals surface area (Å²) < 4.78 is 19.1. The Hall–Kier alpha value is -0.930. The molecule has 19 heavy (non-hydrogen) atoms. The van der Waals surface area contributed by atoms with Crippen LogP contribution in [0.3, 0.4) is 0 Å². The Bertz CT molecular complexity index is 413. The van der Waals surface area contributed by atoms with E-state index >= 15 is 0 Å². The summed E-state index contributed by atoms with van der Waals surface area (Å²) in [5.74, 6) is 0.105. The van der Waals surface area contributed by atoms with Crippen LogP contribution in [0, 0.1) is 18.7 Å². The SMILES string of the molecule is COC(C1CCCCC1)C(O)c1ccc(C)c(F)c1. The number of halogens is 1. The van der Waals surface area contributed by atoms with Gasteiger partial charge in [-0.15, -0.1) is 0 Å². The van der Waals surface area contributed by atoms with Crippen LogP contribution < -0.4 is 0 Å². The fraction of sp³-hybridized carbons (Fsp3) is 0.625. The number of rotatable bonds is 4. The summed E-state index contributed by atoms with van der Waals surface area (Å²) >= 11 is 0. The van der Waals surface area contributed by atoms with Crippen molar-refractivity contribution >= 4 is 0 Å². The first-order chi connectivity index (χ1) is 9.13. The first-order valence-electron chi connectivity index (χ1n) is 7.10. The predicted octanol–water partition coefficient (Wildman–Crippen LogP) is 3.76. The Morgan fingerprint density at radius 2 is 1.95 bits per heavy atom. The molecule has 0 saturated heterocycles. The van der Waals surface area contributed by atoms with Gasteiger partial charge in [-0.2, -0.15) is 0 Å². The summed E-state index contributed by atoms with van der Waals surface area (Å²) in [7, 11) is 1.63. The van der Waals surface area contributed by atoms with E-state index < -0.39 is 6.10 Å². The highest BCUT2D eigenvalue weighted by molar-refractivity contribution is 5.25. The minimum Gasteiger partial charge on any atom is -0.386 e. The molecule has 0 aromatic heterocycles. The first kappa shape index (κ1) is 14.5. The smallest absolute Gasteiger partial charge is 0.126 e. The number of aliphatic hydroxyl groups is 1. The van der Waals surface area contributed by atoms with Crippen molar-refractivity contribution in [2.45, 2.75) is 51.2 Å². The number of methoxy groups -OCH3 is 1. The number of hydrogen-bond acceptors (Lipinski definition) is 2. The molecule has 2 unspecified atom stereocenters. The van der Waals surface area contributed by atoms with E-state index in [9.17, 15) is 9.50 Å². The quantitative estimate of drug-likeness (QED) is 0.899. The average Bonchev–Trinajstić information content (AvgIpc) is 2.44. The molecule has 2 rings (SSSR count). The molecule has 1 aromatic rings. The van der Waals surface area contributed by atoms with Crippen LogP contribution in [-0.2, 0) is 4.74 Å². The van der Waals surface area contributed by atoms with E-state index in [0.29, 0.717) is 17.0 Å². The topological polar surface area (TPSA) is 29.5 Å². The lowest BCUT2D eigenvalue weighted by Gasteiger charge is -2.32. The molecule has 3 heteroatoms. The van der Waals surface area contributed by atoms with Crippen LogP contribution in [-0.4, -0.2) is 18.3 Å². The minimum absolute atomic E-state index is 0.234. The summed E-state index contributed by atoms with van der Waals surface area (Å²) in [5, 5.41) is 10.5. The molecule has 0 amide bonds. The summed E-state index contributed by atoms with van der Waals surface area (Å²) in [6.45, 7) is 1.72. The standard InChI is InChI=1S/C16H23FO2/c1-11-8-9-13(10-14(11)17)15(18)16(19-2)12-6-4-3-5-7-12/h8-10,12,15-16,18H,3-7H2,1-2H3. The van der Waals surface area contributed by atoms with Crippen LogP contribution in [0.2, 0.25) is 0 Å². The second-order valence-corrected chi connectivity index (χ2v) is 5.55. The van der Waals surface area contributed by atoms with Gasteiger partial charge in [-0.1, -0.05) is 31.4 Å². The Balaban J connectivity index is 2.14. The maximum absolute atomic E-state index is 13.6. The highest BCUT2D eigenvalue weighted by Gasteiger charge is 2.30. The van der Waals surface area contributed by atoms with Crippen LogP contribution in [0.15, 0.2) is 18.2 Å². The third-order valence-corrected chi connectivity index (χ3v) is 4.24. The van der Waals surface area contributed by atoms with Gasteiger partial charge in [0.2, 0.25) is 0 Å². The van der Waals surface area contributed by atoms with E-state index in [0.717, 1.165) is 12.8 Å². The number of aliphatic hydroxyl groups excluding tert-OH is 1. The van der Waals surface area contributed by atoms with E-state index in [1.807, 2.05) is 0 Å². The third-order valence-electron chi connectivity index (χ3n) is 4.24. The molecule has 0 heterocycles. The minimum atomic E-state index is -0.747. The molecule has 1 N–H and O–H groups in total. The van der Waals surface area contributed by atoms with Crippen molar-refractivity contribution in [2.24, 2.45) is 5.92 Å². The van der Waals surface area contributed by atoms with E-state index in [-0.39, 0.29) is 11.9 Å². The number of benzene rings is 1. The number of aryl methyl sites for hydroxylation is 1. The second-order valence-electron chi connectivity index (χ2n) is 5.55. The Kier molecular flexibility index (Phi) is 4.94. The fourth-order valence-corrected chi connectivity index (χ4v) is 3.02. The van der Waals surface area contributed by atoms with Crippen molar-refractivity contribution in [3.05, 3.63) is 35.1 Å². The van der Waals surface area contributed by atoms with Crippen LogP contribution in [0.25, 0.3) is 0 Å². The van der Waals surface area contributed by atoms with Gasteiger partial charge < -0.3 is 9.84 Å². The van der Waals surface area contributed by atoms with E-state index in [1.54, 1.807) is 26.2 Å². The molecular weight excluding hydrogens is 243 g/mol. The van der Waals surface area contributed by atoms with Gasteiger partial charge >= 0.3 is 0 Å². The Morgan fingerprint density at radius 1 is 1.26 bits per heavy atom. The van der Waals surface area contributed by atoms with Crippen LogP contribution in [0.5, 0.6) is 0 Å². The van der Waals surface area contributed by atoms with Gasteiger partial charge in [0.05, 0.1) is 6.10 Å². The molecular formula is C16H23FO2. The zero-order chi connectivity index (χ0) is 13.8. The molecule has 2 nitrogen and oxygen atoms in total. The predicted molar refractivity (Wildman–Crippen MR) is 73.5 cm³/mol. The summed E-state index contributed by atoms with van der Waals surface area (Å²) in [4.78, 5) is 0. The van der Waals surface area contributed by atoms with E-state index in [2.05, 4.69) is 0 Å². The maximum atomic E-state index is 13.6. The first-order valence-corrected chi connectivity index (χ1v) is 7.10. The van der Waals surface area contributed by atoms with Crippen LogP contribution in [0.4, 0.5) is 4.39 Å². The molecule has 0 radical (unpaired) electrons. The van der Waals surface area contributed by atoms with E-state index in [4.69, 9.17) is 4.74 Å². The normalized spacial score (nSPS) is 20.2. The van der Waals surface area contributed by atoms with Crippen molar-refractivity contribution < 1.29 is 14.2 Å². The lowest BCUT2D eigenvalue weighted by atomic mass is 9.82. The zero-order valence-corrected chi connectivity index (χ0v) is 11.7. The Labute approximate surface area is 114 Å². The monoisotopic (exact) mass is 266 g/mol.